The topological polar surface area (TPSA) is 46.5 Å². The number of aryl methyl sites for hydroxylation is 1. The van der Waals surface area contributed by atoms with Gasteiger partial charge < -0.3 is 4.98 Å². The van der Waals surface area contributed by atoms with E-state index in [9.17, 15) is 0 Å². The van der Waals surface area contributed by atoms with Crippen molar-refractivity contribution in [1.29, 1.82) is 0 Å². The van der Waals surface area contributed by atoms with Gasteiger partial charge in [0, 0.05) is 30.6 Å². The normalized spacial score (nSPS) is 10.2. The maximum Gasteiger partial charge on any atom is 0.113 e. The summed E-state index contributed by atoms with van der Waals surface area (Å²) in [4.78, 5) is 6.85. The van der Waals surface area contributed by atoms with Gasteiger partial charge in [0.2, 0.25) is 0 Å². The van der Waals surface area contributed by atoms with Crippen LogP contribution in [-0.4, -0.2) is 19.7 Å². The molecule has 0 saturated carbocycles. The SMILES string of the molecule is Cn1cc(-c2cnc[nH]c2=S)cn1. The number of aromatic amines is 1. The summed E-state index contributed by atoms with van der Waals surface area (Å²) >= 11 is 5.11. The molecule has 0 aliphatic carbocycles. The fourth-order valence-electron chi connectivity index (χ4n) is 1.11. The lowest BCUT2D eigenvalue weighted by Gasteiger charge is -1.94. The van der Waals surface area contributed by atoms with Crippen LogP contribution >= 0.6 is 12.2 Å². The molecule has 4 nitrogen and oxygen atoms in total. The minimum absolute atomic E-state index is 0.683. The molecule has 2 rings (SSSR count). The van der Waals surface area contributed by atoms with E-state index < -0.39 is 0 Å². The number of aromatic nitrogens is 4. The van der Waals surface area contributed by atoms with Crippen LogP contribution in [0, 0.1) is 4.64 Å². The van der Waals surface area contributed by atoms with E-state index in [0.717, 1.165) is 11.1 Å². The average molecular weight is 192 g/mol. The molecule has 0 saturated heterocycles. The molecule has 0 aliphatic heterocycles. The third-order valence-electron chi connectivity index (χ3n) is 1.73. The number of rotatable bonds is 1. The van der Waals surface area contributed by atoms with Crippen molar-refractivity contribution in [2.45, 2.75) is 0 Å². The van der Waals surface area contributed by atoms with Crippen LogP contribution in [-0.2, 0) is 7.05 Å². The second-order valence-corrected chi connectivity index (χ2v) is 3.11. The standard InChI is InChI=1S/C8H8N4S/c1-12-4-6(2-11-12)7-3-9-5-10-8(7)13/h2-5H,1H3,(H,9,10,13). The van der Waals surface area contributed by atoms with E-state index >= 15 is 0 Å². The van der Waals surface area contributed by atoms with Gasteiger partial charge in [-0.05, 0) is 0 Å². The Morgan fingerprint density at radius 3 is 2.92 bits per heavy atom. The molecule has 2 heterocycles. The van der Waals surface area contributed by atoms with Gasteiger partial charge in [-0.25, -0.2) is 4.98 Å². The van der Waals surface area contributed by atoms with Gasteiger partial charge in [-0.3, -0.25) is 4.68 Å². The van der Waals surface area contributed by atoms with E-state index in [2.05, 4.69) is 15.1 Å². The Morgan fingerprint density at radius 1 is 1.46 bits per heavy atom. The number of H-pyrrole nitrogens is 1. The highest BCUT2D eigenvalue weighted by molar-refractivity contribution is 7.71. The van der Waals surface area contributed by atoms with Crippen LogP contribution < -0.4 is 0 Å². The van der Waals surface area contributed by atoms with Gasteiger partial charge in [-0.15, -0.1) is 0 Å². The van der Waals surface area contributed by atoms with Crippen LogP contribution in [0.4, 0.5) is 0 Å². The third-order valence-corrected chi connectivity index (χ3v) is 2.07. The maximum atomic E-state index is 5.11. The summed E-state index contributed by atoms with van der Waals surface area (Å²) < 4.78 is 2.42. The van der Waals surface area contributed by atoms with Crippen molar-refractivity contribution >= 4 is 12.2 Å². The zero-order valence-electron chi connectivity index (χ0n) is 7.06. The quantitative estimate of drug-likeness (QED) is 0.697. The molecule has 13 heavy (non-hydrogen) atoms. The monoisotopic (exact) mass is 192 g/mol. The number of hydrogen-bond donors (Lipinski definition) is 1. The zero-order valence-corrected chi connectivity index (χ0v) is 7.88. The Labute approximate surface area is 80.3 Å². The fraction of sp³-hybridized carbons (Fsp3) is 0.125. The molecule has 0 amide bonds. The second kappa shape index (κ2) is 3.10. The molecule has 0 fully saturated rings. The van der Waals surface area contributed by atoms with Crippen LogP contribution in [0.5, 0.6) is 0 Å². The van der Waals surface area contributed by atoms with Crippen molar-refractivity contribution in [3.05, 3.63) is 29.6 Å². The Hall–Kier alpha value is -1.49. The minimum atomic E-state index is 0.683. The summed E-state index contributed by atoms with van der Waals surface area (Å²) in [7, 11) is 1.87. The van der Waals surface area contributed by atoms with Gasteiger partial charge in [0.05, 0.1) is 12.5 Å². The molecule has 2 aromatic heterocycles. The van der Waals surface area contributed by atoms with E-state index in [0.29, 0.717) is 4.64 Å². The van der Waals surface area contributed by atoms with Crippen molar-refractivity contribution in [2.75, 3.05) is 0 Å². The van der Waals surface area contributed by atoms with Crippen LogP contribution in [0.3, 0.4) is 0 Å². The lowest BCUT2D eigenvalue weighted by Crippen LogP contribution is -1.85. The molecular weight excluding hydrogens is 184 g/mol. The minimum Gasteiger partial charge on any atom is -0.337 e. The first-order valence-corrected chi connectivity index (χ1v) is 4.20. The lowest BCUT2D eigenvalue weighted by atomic mass is 10.2. The van der Waals surface area contributed by atoms with Gasteiger partial charge >= 0.3 is 0 Å². The predicted molar refractivity (Wildman–Crippen MR) is 51.6 cm³/mol. The van der Waals surface area contributed by atoms with Gasteiger partial charge in [-0.2, -0.15) is 5.10 Å². The molecule has 5 heteroatoms. The van der Waals surface area contributed by atoms with Crippen molar-refractivity contribution < 1.29 is 0 Å². The van der Waals surface area contributed by atoms with Crippen LogP contribution in [0.1, 0.15) is 0 Å². The number of nitrogens with zero attached hydrogens (tertiary/aromatic N) is 3. The summed E-state index contributed by atoms with van der Waals surface area (Å²) in [6, 6.07) is 0. The molecule has 0 aliphatic rings. The van der Waals surface area contributed by atoms with E-state index in [4.69, 9.17) is 12.2 Å². The van der Waals surface area contributed by atoms with E-state index in [-0.39, 0.29) is 0 Å². The Balaban J connectivity index is 2.59. The van der Waals surface area contributed by atoms with Crippen molar-refractivity contribution in [1.82, 2.24) is 19.7 Å². The molecule has 2 aromatic rings. The van der Waals surface area contributed by atoms with Crippen LogP contribution in [0.15, 0.2) is 24.9 Å². The van der Waals surface area contributed by atoms with Crippen molar-refractivity contribution in [3.8, 4) is 11.1 Å². The molecular formula is C8H8N4S. The molecule has 1 N–H and O–H groups in total. The highest BCUT2D eigenvalue weighted by atomic mass is 32.1. The summed E-state index contributed by atoms with van der Waals surface area (Å²) in [5.41, 5.74) is 1.89. The summed E-state index contributed by atoms with van der Waals surface area (Å²) in [5.74, 6) is 0. The Bertz CT molecular complexity index is 471. The molecule has 0 unspecified atom stereocenters. The van der Waals surface area contributed by atoms with Gasteiger partial charge in [-0.1, -0.05) is 12.2 Å². The zero-order chi connectivity index (χ0) is 9.26. The summed E-state index contributed by atoms with van der Waals surface area (Å²) in [5, 5.41) is 4.06. The van der Waals surface area contributed by atoms with Gasteiger partial charge in [0.1, 0.15) is 4.64 Å². The number of nitrogens with one attached hydrogen (secondary N) is 1. The summed E-state index contributed by atoms with van der Waals surface area (Å²) in [6.45, 7) is 0. The maximum absolute atomic E-state index is 5.11. The average Bonchev–Trinajstić information content (AvgIpc) is 2.53. The fourth-order valence-corrected chi connectivity index (χ4v) is 1.33. The molecule has 0 atom stereocenters. The van der Waals surface area contributed by atoms with E-state index in [1.165, 1.54) is 0 Å². The highest BCUT2D eigenvalue weighted by Crippen LogP contribution is 2.16. The summed E-state index contributed by atoms with van der Waals surface area (Å²) in [6.07, 6.45) is 6.97. The second-order valence-electron chi connectivity index (χ2n) is 2.70. The van der Waals surface area contributed by atoms with E-state index in [1.54, 1.807) is 23.4 Å². The predicted octanol–water partition coefficient (Wildman–Crippen LogP) is 1.54. The third kappa shape index (κ3) is 1.50. The first-order chi connectivity index (χ1) is 6.27. The van der Waals surface area contributed by atoms with Gasteiger partial charge in [0.25, 0.3) is 0 Å². The first kappa shape index (κ1) is 8.12. The molecule has 0 bridgehead atoms. The van der Waals surface area contributed by atoms with E-state index in [1.807, 2.05) is 13.2 Å². The Morgan fingerprint density at radius 2 is 2.31 bits per heavy atom. The number of hydrogen-bond acceptors (Lipinski definition) is 3. The van der Waals surface area contributed by atoms with Crippen LogP contribution in [0.25, 0.3) is 11.1 Å². The van der Waals surface area contributed by atoms with Crippen LogP contribution in [0.2, 0.25) is 0 Å². The molecule has 0 aromatic carbocycles. The van der Waals surface area contributed by atoms with Crippen molar-refractivity contribution in [3.63, 3.8) is 0 Å². The molecule has 0 spiro atoms. The highest BCUT2D eigenvalue weighted by Gasteiger charge is 2.01. The first-order valence-electron chi connectivity index (χ1n) is 3.79. The largest absolute Gasteiger partial charge is 0.337 e. The molecule has 0 radical (unpaired) electrons. The van der Waals surface area contributed by atoms with Gasteiger partial charge in [0.15, 0.2) is 0 Å². The molecule has 66 valence electrons. The lowest BCUT2D eigenvalue weighted by molar-refractivity contribution is 0.768. The Kier molecular flexibility index (Phi) is 1.94. The smallest absolute Gasteiger partial charge is 0.113 e. The van der Waals surface area contributed by atoms with Crippen molar-refractivity contribution in [2.24, 2.45) is 7.05 Å².